The van der Waals surface area contributed by atoms with Gasteiger partial charge in [-0.05, 0) is 43.5 Å². The van der Waals surface area contributed by atoms with E-state index < -0.39 is 15.9 Å². The van der Waals surface area contributed by atoms with Crippen molar-refractivity contribution in [2.45, 2.75) is 30.7 Å². The lowest BCUT2D eigenvalue weighted by atomic mass is 10.1. The highest BCUT2D eigenvalue weighted by molar-refractivity contribution is 7.89. The molecule has 2 aromatic rings. The first-order valence-corrected chi connectivity index (χ1v) is 9.90. The third-order valence-electron chi connectivity index (χ3n) is 3.85. The Balaban J connectivity index is 1.94. The van der Waals surface area contributed by atoms with E-state index in [1.807, 2.05) is 19.1 Å². The highest BCUT2D eigenvalue weighted by Gasteiger charge is 2.30. The van der Waals surface area contributed by atoms with Crippen molar-refractivity contribution < 1.29 is 13.2 Å². The largest absolute Gasteiger partial charge is 0.322 e. The third kappa shape index (κ3) is 4.15. The molecule has 3 rings (SSSR count). The van der Waals surface area contributed by atoms with E-state index >= 15 is 0 Å². The molecule has 1 fully saturated rings. The summed E-state index contributed by atoms with van der Waals surface area (Å²) in [6.45, 7) is 1.86. The van der Waals surface area contributed by atoms with Crippen LogP contribution in [0.1, 0.15) is 28.8 Å². The fourth-order valence-electron chi connectivity index (χ4n) is 2.30. The molecule has 0 bridgehead atoms. The van der Waals surface area contributed by atoms with Gasteiger partial charge in [0.25, 0.3) is 5.91 Å². The number of halogens is 2. The monoisotopic (exact) mass is 398 g/mol. The van der Waals surface area contributed by atoms with Gasteiger partial charge in [0.15, 0.2) is 0 Å². The first-order valence-electron chi connectivity index (χ1n) is 7.66. The number of para-hydroxylation sites is 1. The number of benzene rings is 2. The third-order valence-corrected chi connectivity index (χ3v) is 6.15. The van der Waals surface area contributed by atoms with Gasteiger partial charge in [-0.15, -0.1) is 0 Å². The van der Waals surface area contributed by atoms with Crippen molar-refractivity contribution in [3.05, 3.63) is 57.6 Å². The van der Waals surface area contributed by atoms with E-state index in [0.717, 1.165) is 18.4 Å². The lowest BCUT2D eigenvalue weighted by Crippen LogP contribution is -2.26. The van der Waals surface area contributed by atoms with Gasteiger partial charge in [0, 0.05) is 11.7 Å². The number of hydrogen-bond donors (Lipinski definition) is 2. The molecule has 8 heteroatoms. The maximum absolute atomic E-state index is 12.6. The van der Waals surface area contributed by atoms with Gasteiger partial charge >= 0.3 is 0 Å². The van der Waals surface area contributed by atoms with Crippen LogP contribution in [0.5, 0.6) is 0 Å². The Kier molecular flexibility index (Phi) is 5.06. The van der Waals surface area contributed by atoms with Gasteiger partial charge in [-0.1, -0.05) is 41.4 Å². The Hall–Kier alpha value is -1.60. The predicted molar refractivity (Wildman–Crippen MR) is 98.9 cm³/mol. The Morgan fingerprint density at radius 1 is 1.12 bits per heavy atom. The Labute approximate surface area is 156 Å². The molecule has 132 valence electrons. The number of anilines is 1. The molecule has 1 aliphatic carbocycles. The second-order valence-electron chi connectivity index (χ2n) is 5.93. The van der Waals surface area contributed by atoms with Crippen LogP contribution in [0.25, 0.3) is 0 Å². The quantitative estimate of drug-likeness (QED) is 0.798. The van der Waals surface area contributed by atoms with Crippen LogP contribution in [0.4, 0.5) is 5.69 Å². The van der Waals surface area contributed by atoms with Crippen LogP contribution in [-0.4, -0.2) is 20.4 Å². The van der Waals surface area contributed by atoms with Gasteiger partial charge < -0.3 is 5.32 Å². The second-order valence-corrected chi connectivity index (χ2v) is 8.42. The van der Waals surface area contributed by atoms with Crippen LogP contribution in [0.3, 0.4) is 0 Å². The molecule has 0 atom stereocenters. The Morgan fingerprint density at radius 2 is 1.80 bits per heavy atom. The zero-order valence-corrected chi connectivity index (χ0v) is 15.7. The average molecular weight is 399 g/mol. The Bertz CT molecular complexity index is 941. The fraction of sp³-hybridized carbons (Fsp3) is 0.235. The SMILES string of the molecule is Cc1ccccc1NC(=O)c1cc(S(=O)(=O)NC2CC2)c(Cl)cc1Cl. The van der Waals surface area contributed by atoms with Crippen LogP contribution in [-0.2, 0) is 10.0 Å². The van der Waals surface area contributed by atoms with Crippen LogP contribution in [0.2, 0.25) is 10.0 Å². The molecule has 1 aliphatic rings. The summed E-state index contributed by atoms with van der Waals surface area (Å²) in [5, 5.41) is 2.80. The lowest BCUT2D eigenvalue weighted by molar-refractivity contribution is 0.102. The van der Waals surface area contributed by atoms with Crippen LogP contribution in [0.15, 0.2) is 41.3 Å². The molecule has 0 aromatic heterocycles. The lowest BCUT2D eigenvalue weighted by Gasteiger charge is -2.12. The van der Waals surface area contributed by atoms with Crippen LogP contribution in [0, 0.1) is 6.92 Å². The van der Waals surface area contributed by atoms with Crippen molar-refractivity contribution in [2.24, 2.45) is 0 Å². The Morgan fingerprint density at radius 3 is 2.44 bits per heavy atom. The van der Waals surface area contributed by atoms with Crippen LogP contribution >= 0.6 is 23.2 Å². The summed E-state index contributed by atoms with van der Waals surface area (Å²) in [5.74, 6) is -0.501. The van der Waals surface area contributed by atoms with Crippen LogP contribution < -0.4 is 10.0 Å². The molecule has 0 radical (unpaired) electrons. The average Bonchev–Trinajstić information content (AvgIpc) is 3.32. The van der Waals surface area contributed by atoms with E-state index in [2.05, 4.69) is 10.0 Å². The van der Waals surface area contributed by atoms with E-state index in [1.165, 1.54) is 12.1 Å². The molecule has 1 amide bonds. The molecule has 0 unspecified atom stereocenters. The van der Waals surface area contributed by atoms with Gasteiger partial charge in [-0.25, -0.2) is 13.1 Å². The number of aryl methyl sites for hydroxylation is 1. The van der Waals surface area contributed by atoms with Crippen molar-refractivity contribution >= 4 is 44.8 Å². The molecule has 2 aromatic carbocycles. The van der Waals surface area contributed by atoms with E-state index in [4.69, 9.17) is 23.2 Å². The molecule has 0 saturated heterocycles. The fourth-order valence-corrected chi connectivity index (χ4v) is 4.46. The number of carbonyl (C=O) groups is 1. The van der Waals surface area contributed by atoms with Gasteiger partial charge in [-0.3, -0.25) is 4.79 Å². The van der Waals surface area contributed by atoms with E-state index in [0.29, 0.717) is 5.69 Å². The number of sulfonamides is 1. The topological polar surface area (TPSA) is 75.3 Å². The number of rotatable bonds is 5. The van der Waals surface area contributed by atoms with Crippen molar-refractivity contribution in [3.8, 4) is 0 Å². The molecule has 5 nitrogen and oxygen atoms in total. The van der Waals surface area contributed by atoms with E-state index in [1.54, 1.807) is 12.1 Å². The van der Waals surface area contributed by atoms with E-state index in [-0.39, 0.29) is 26.5 Å². The van der Waals surface area contributed by atoms with Crippen molar-refractivity contribution in [3.63, 3.8) is 0 Å². The maximum atomic E-state index is 12.6. The predicted octanol–water partition coefficient (Wildman–Crippen LogP) is 3.99. The minimum absolute atomic E-state index is 0.0226. The molecule has 0 aliphatic heterocycles. The van der Waals surface area contributed by atoms with Gasteiger partial charge in [0.2, 0.25) is 10.0 Å². The molecule has 2 N–H and O–H groups in total. The summed E-state index contributed by atoms with van der Waals surface area (Å²) in [7, 11) is -3.80. The van der Waals surface area contributed by atoms with Gasteiger partial charge in [-0.2, -0.15) is 0 Å². The second kappa shape index (κ2) is 6.96. The molecule has 1 saturated carbocycles. The summed E-state index contributed by atoms with van der Waals surface area (Å²) < 4.78 is 27.4. The van der Waals surface area contributed by atoms with Crippen molar-refractivity contribution in [1.82, 2.24) is 4.72 Å². The zero-order chi connectivity index (χ0) is 18.2. The number of nitrogens with one attached hydrogen (secondary N) is 2. The highest BCUT2D eigenvalue weighted by atomic mass is 35.5. The minimum atomic E-state index is -3.80. The zero-order valence-electron chi connectivity index (χ0n) is 13.3. The summed E-state index contributed by atoms with van der Waals surface area (Å²) >= 11 is 12.2. The standard InChI is InChI=1S/C17H16Cl2N2O3S/c1-10-4-2-3-5-15(10)20-17(22)12-8-16(14(19)9-13(12)18)25(23,24)21-11-6-7-11/h2-5,8-9,11,21H,6-7H2,1H3,(H,20,22). The van der Waals surface area contributed by atoms with Crippen molar-refractivity contribution in [1.29, 1.82) is 0 Å². The smallest absolute Gasteiger partial charge is 0.257 e. The van der Waals surface area contributed by atoms with E-state index in [9.17, 15) is 13.2 Å². The number of amides is 1. The molecule has 0 heterocycles. The first-order chi connectivity index (χ1) is 11.8. The first kappa shape index (κ1) is 18.2. The molecule has 25 heavy (non-hydrogen) atoms. The molecular formula is C17H16Cl2N2O3S. The number of hydrogen-bond acceptors (Lipinski definition) is 3. The van der Waals surface area contributed by atoms with Gasteiger partial charge in [0.05, 0.1) is 15.6 Å². The maximum Gasteiger partial charge on any atom is 0.257 e. The van der Waals surface area contributed by atoms with Gasteiger partial charge in [0.1, 0.15) is 4.90 Å². The summed E-state index contributed by atoms with van der Waals surface area (Å²) in [4.78, 5) is 12.4. The summed E-state index contributed by atoms with van der Waals surface area (Å²) in [6.07, 6.45) is 1.59. The summed E-state index contributed by atoms with van der Waals surface area (Å²) in [6, 6.07) is 9.68. The molecular weight excluding hydrogens is 383 g/mol. The summed E-state index contributed by atoms with van der Waals surface area (Å²) in [5.41, 5.74) is 1.55. The minimum Gasteiger partial charge on any atom is -0.322 e. The normalized spacial score (nSPS) is 14.4. The highest BCUT2D eigenvalue weighted by Crippen LogP contribution is 2.31. The van der Waals surface area contributed by atoms with Crippen molar-refractivity contribution in [2.75, 3.05) is 5.32 Å². The number of carbonyl (C=O) groups excluding carboxylic acids is 1. The molecule has 0 spiro atoms.